The molecule has 0 saturated heterocycles. The summed E-state index contributed by atoms with van der Waals surface area (Å²) in [6, 6.07) is 0. The number of rotatable bonds is 4. The van der Waals surface area contributed by atoms with Gasteiger partial charge in [-0.25, -0.2) is 13.1 Å². The van der Waals surface area contributed by atoms with Crippen molar-refractivity contribution in [3.8, 4) is 0 Å². The van der Waals surface area contributed by atoms with Crippen molar-refractivity contribution in [1.29, 1.82) is 0 Å². The Balaban J connectivity index is 1.85. The summed E-state index contributed by atoms with van der Waals surface area (Å²) in [6.07, 6.45) is -4.70. The third kappa shape index (κ3) is 2.87. The molecule has 0 bridgehead atoms. The van der Waals surface area contributed by atoms with Gasteiger partial charge in [-0.05, 0) is 13.8 Å². The SMILES string of the molecule is Cc1n[nH]c(C)c1S(=O)(=O)NCc1nn2c(C(F)(F)F)nnc2s1. The van der Waals surface area contributed by atoms with Gasteiger partial charge >= 0.3 is 6.18 Å². The van der Waals surface area contributed by atoms with Crippen LogP contribution in [0.3, 0.4) is 0 Å². The molecule has 0 atom stereocenters. The lowest BCUT2D eigenvalue weighted by atomic mass is 10.4. The summed E-state index contributed by atoms with van der Waals surface area (Å²) in [5.41, 5.74) is 0.648. The minimum atomic E-state index is -4.70. The van der Waals surface area contributed by atoms with E-state index in [9.17, 15) is 21.6 Å². The quantitative estimate of drug-likeness (QED) is 0.697. The van der Waals surface area contributed by atoms with Gasteiger partial charge in [0.05, 0.1) is 17.9 Å². The van der Waals surface area contributed by atoms with E-state index < -0.39 is 22.0 Å². The summed E-state index contributed by atoms with van der Waals surface area (Å²) in [6.45, 7) is 2.79. The number of alkyl halides is 3. The monoisotopic (exact) mass is 381 g/mol. The number of aromatic amines is 1. The Morgan fingerprint density at radius 3 is 2.58 bits per heavy atom. The van der Waals surface area contributed by atoms with E-state index in [1.54, 1.807) is 6.92 Å². The highest BCUT2D eigenvalue weighted by Crippen LogP contribution is 2.29. The second-order valence-electron chi connectivity index (χ2n) is 4.80. The van der Waals surface area contributed by atoms with E-state index in [0.29, 0.717) is 10.2 Å². The van der Waals surface area contributed by atoms with Crippen LogP contribution in [-0.4, -0.2) is 38.4 Å². The number of hydrogen-bond donors (Lipinski definition) is 2. The van der Waals surface area contributed by atoms with E-state index in [-0.39, 0.29) is 27.1 Å². The van der Waals surface area contributed by atoms with Crippen LogP contribution < -0.4 is 4.72 Å². The number of hydrogen-bond acceptors (Lipinski definition) is 7. The number of nitrogens with one attached hydrogen (secondary N) is 2. The number of aryl methyl sites for hydroxylation is 2. The highest BCUT2D eigenvalue weighted by atomic mass is 32.2. The van der Waals surface area contributed by atoms with Gasteiger partial charge in [-0.2, -0.15) is 27.9 Å². The summed E-state index contributed by atoms with van der Waals surface area (Å²) in [5, 5.41) is 16.6. The van der Waals surface area contributed by atoms with Crippen molar-refractivity contribution in [2.45, 2.75) is 31.5 Å². The average Bonchev–Trinajstić information content (AvgIpc) is 3.09. The first-order chi connectivity index (χ1) is 11.1. The Morgan fingerprint density at radius 2 is 2.00 bits per heavy atom. The molecule has 0 amide bonds. The van der Waals surface area contributed by atoms with Crippen LogP contribution in [0.2, 0.25) is 0 Å². The van der Waals surface area contributed by atoms with Crippen LogP contribution in [0, 0.1) is 13.8 Å². The number of nitrogens with zero attached hydrogens (tertiary/aromatic N) is 5. The van der Waals surface area contributed by atoms with E-state index >= 15 is 0 Å². The topological polar surface area (TPSA) is 118 Å². The van der Waals surface area contributed by atoms with Gasteiger partial charge in [0.1, 0.15) is 9.90 Å². The molecule has 0 aromatic carbocycles. The van der Waals surface area contributed by atoms with Gasteiger partial charge in [-0.1, -0.05) is 11.3 Å². The van der Waals surface area contributed by atoms with Crippen molar-refractivity contribution in [3.05, 3.63) is 22.2 Å². The van der Waals surface area contributed by atoms with Gasteiger partial charge in [0.2, 0.25) is 15.0 Å². The molecular weight excluding hydrogens is 371 g/mol. The largest absolute Gasteiger partial charge is 0.453 e. The van der Waals surface area contributed by atoms with Gasteiger partial charge in [-0.3, -0.25) is 5.10 Å². The van der Waals surface area contributed by atoms with E-state index in [2.05, 4.69) is 30.2 Å². The average molecular weight is 381 g/mol. The van der Waals surface area contributed by atoms with Crippen LogP contribution in [0.15, 0.2) is 4.90 Å². The molecule has 0 aliphatic rings. The second kappa shape index (κ2) is 5.49. The fourth-order valence-electron chi connectivity index (χ4n) is 2.07. The molecule has 0 radical (unpaired) electrons. The number of H-pyrrole nitrogens is 1. The minimum absolute atomic E-state index is 0.00137. The van der Waals surface area contributed by atoms with Gasteiger partial charge in [0, 0.05) is 0 Å². The molecule has 0 aliphatic carbocycles. The molecular formula is C10H10F3N7O2S2. The summed E-state index contributed by atoms with van der Waals surface area (Å²) in [4.78, 5) is -0.0753. The molecule has 9 nitrogen and oxygen atoms in total. The summed E-state index contributed by atoms with van der Waals surface area (Å²) < 4.78 is 65.6. The Labute approximate surface area is 137 Å². The fourth-order valence-corrected chi connectivity index (χ4v) is 4.29. The third-order valence-electron chi connectivity index (χ3n) is 3.03. The zero-order valence-corrected chi connectivity index (χ0v) is 13.8. The predicted octanol–water partition coefficient (Wildman–Crippen LogP) is 1.02. The normalized spacial score (nSPS) is 13.0. The van der Waals surface area contributed by atoms with Crippen molar-refractivity contribution < 1.29 is 21.6 Å². The standard InChI is InChI=1S/C10H10F3N7O2S2/c1-4-7(5(2)16-15-4)24(21,22)14-3-6-19-20-8(10(11,12)13)17-18-9(20)23-6/h14H,3H2,1-2H3,(H,15,16). The smallest absolute Gasteiger partial charge is 0.281 e. The molecule has 3 aromatic rings. The summed E-state index contributed by atoms with van der Waals surface area (Å²) in [5.74, 6) is -1.26. The van der Waals surface area contributed by atoms with E-state index in [4.69, 9.17) is 0 Å². The molecule has 0 saturated carbocycles. The van der Waals surface area contributed by atoms with E-state index in [0.717, 1.165) is 11.3 Å². The van der Waals surface area contributed by atoms with E-state index in [1.165, 1.54) is 6.92 Å². The lowest BCUT2D eigenvalue weighted by molar-refractivity contribution is -0.146. The van der Waals surface area contributed by atoms with Crippen molar-refractivity contribution in [1.82, 2.24) is 34.7 Å². The maximum atomic E-state index is 12.7. The van der Waals surface area contributed by atoms with Crippen LogP contribution in [0.5, 0.6) is 0 Å². The highest BCUT2D eigenvalue weighted by Gasteiger charge is 2.38. The molecule has 3 heterocycles. The maximum absolute atomic E-state index is 12.7. The van der Waals surface area contributed by atoms with Gasteiger partial charge in [0.15, 0.2) is 0 Å². The Hall–Kier alpha value is -2.06. The first-order valence-electron chi connectivity index (χ1n) is 6.39. The Bertz CT molecular complexity index is 982. The van der Waals surface area contributed by atoms with Crippen LogP contribution in [0.1, 0.15) is 22.2 Å². The fraction of sp³-hybridized carbons (Fsp3) is 0.400. The van der Waals surface area contributed by atoms with Crippen LogP contribution in [0.4, 0.5) is 13.2 Å². The minimum Gasteiger partial charge on any atom is -0.281 e. The molecule has 0 fully saturated rings. The molecule has 130 valence electrons. The van der Waals surface area contributed by atoms with Gasteiger partial charge < -0.3 is 0 Å². The van der Waals surface area contributed by atoms with Gasteiger partial charge in [-0.15, -0.1) is 10.2 Å². The molecule has 0 spiro atoms. The van der Waals surface area contributed by atoms with E-state index in [1.807, 2.05) is 0 Å². The molecule has 14 heteroatoms. The van der Waals surface area contributed by atoms with Crippen molar-refractivity contribution >= 4 is 26.3 Å². The van der Waals surface area contributed by atoms with Crippen LogP contribution >= 0.6 is 11.3 Å². The molecule has 3 rings (SSSR count). The molecule has 24 heavy (non-hydrogen) atoms. The molecule has 3 aromatic heterocycles. The summed E-state index contributed by atoms with van der Waals surface area (Å²) in [7, 11) is -3.88. The Kier molecular flexibility index (Phi) is 3.84. The zero-order valence-electron chi connectivity index (χ0n) is 12.2. The molecule has 0 unspecified atom stereocenters. The van der Waals surface area contributed by atoms with Crippen molar-refractivity contribution in [2.24, 2.45) is 0 Å². The van der Waals surface area contributed by atoms with Crippen LogP contribution in [0.25, 0.3) is 4.96 Å². The number of sulfonamides is 1. The first-order valence-corrected chi connectivity index (χ1v) is 8.69. The lowest BCUT2D eigenvalue weighted by Gasteiger charge is -2.05. The highest BCUT2D eigenvalue weighted by molar-refractivity contribution is 7.89. The van der Waals surface area contributed by atoms with Gasteiger partial charge in [0.25, 0.3) is 5.82 Å². The number of halogens is 3. The lowest BCUT2D eigenvalue weighted by Crippen LogP contribution is -2.24. The number of fused-ring (bicyclic) bond motifs is 1. The molecule has 2 N–H and O–H groups in total. The Morgan fingerprint density at radius 1 is 1.29 bits per heavy atom. The second-order valence-corrected chi connectivity index (χ2v) is 7.54. The van der Waals surface area contributed by atoms with Crippen molar-refractivity contribution in [2.75, 3.05) is 0 Å². The summed E-state index contributed by atoms with van der Waals surface area (Å²) >= 11 is 0.808. The zero-order chi connectivity index (χ0) is 17.7. The van der Waals surface area contributed by atoms with Crippen LogP contribution in [-0.2, 0) is 22.7 Å². The molecule has 0 aliphatic heterocycles. The maximum Gasteiger partial charge on any atom is 0.453 e. The first kappa shape index (κ1) is 16.8. The predicted molar refractivity (Wildman–Crippen MR) is 75.7 cm³/mol. The number of aromatic nitrogens is 6. The van der Waals surface area contributed by atoms with Crippen molar-refractivity contribution in [3.63, 3.8) is 0 Å². The third-order valence-corrected chi connectivity index (χ3v) is 5.59.